The van der Waals surface area contributed by atoms with E-state index >= 15 is 0 Å². The molecule has 0 saturated heterocycles. The van der Waals surface area contributed by atoms with Crippen LogP contribution in [0.1, 0.15) is 46.4 Å². The minimum absolute atomic E-state index is 0.158. The lowest BCUT2D eigenvalue weighted by Gasteiger charge is -2.29. The number of carbonyl (C=O) groups is 2. The Bertz CT molecular complexity index is 497. The first-order valence-corrected chi connectivity index (χ1v) is 7.26. The molecule has 0 atom stereocenters. The van der Waals surface area contributed by atoms with Crippen molar-refractivity contribution in [3.05, 3.63) is 35.4 Å². The van der Waals surface area contributed by atoms with E-state index in [0.717, 1.165) is 25.7 Å². The van der Waals surface area contributed by atoms with E-state index in [-0.39, 0.29) is 18.4 Å². The number of imide groups is 1. The van der Waals surface area contributed by atoms with Gasteiger partial charge < -0.3 is 5.11 Å². The van der Waals surface area contributed by atoms with E-state index in [1.807, 2.05) is 0 Å². The highest BCUT2D eigenvalue weighted by Crippen LogP contribution is 2.31. The minimum Gasteiger partial charge on any atom is -0.396 e. The fourth-order valence-electron chi connectivity index (χ4n) is 3.26. The Morgan fingerprint density at radius 1 is 0.950 bits per heavy atom. The average Bonchev–Trinajstić information content (AvgIpc) is 2.74. The quantitative estimate of drug-likeness (QED) is 0.858. The number of benzene rings is 1. The van der Waals surface area contributed by atoms with Crippen molar-refractivity contribution in [3.8, 4) is 0 Å². The Morgan fingerprint density at radius 2 is 1.45 bits per heavy atom. The maximum atomic E-state index is 12.3. The van der Waals surface area contributed by atoms with Crippen LogP contribution in [0.2, 0.25) is 0 Å². The number of aliphatic hydroxyl groups is 1. The number of aliphatic hydroxyl groups excluding tert-OH is 1. The van der Waals surface area contributed by atoms with Gasteiger partial charge in [0.05, 0.1) is 11.1 Å². The lowest BCUT2D eigenvalue weighted by Crippen LogP contribution is -2.36. The Morgan fingerprint density at radius 3 is 1.95 bits per heavy atom. The SMILES string of the molecule is O=C1c2ccccc2C(=O)N1CC1CCC(CO)CC1. The van der Waals surface area contributed by atoms with Crippen LogP contribution in [0.15, 0.2) is 24.3 Å². The molecule has 1 aliphatic carbocycles. The van der Waals surface area contributed by atoms with Gasteiger partial charge in [0.25, 0.3) is 11.8 Å². The van der Waals surface area contributed by atoms with E-state index in [4.69, 9.17) is 5.11 Å². The zero-order valence-electron chi connectivity index (χ0n) is 11.4. The number of carbonyl (C=O) groups excluding carboxylic acids is 2. The molecule has 0 radical (unpaired) electrons. The monoisotopic (exact) mass is 273 g/mol. The van der Waals surface area contributed by atoms with Crippen LogP contribution in [-0.2, 0) is 0 Å². The zero-order chi connectivity index (χ0) is 14.1. The van der Waals surface area contributed by atoms with Crippen molar-refractivity contribution < 1.29 is 14.7 Å². The second kappa shape index (κ2) is 5.37. The summed E-state index contributed by atoms with van der Waals surface area (Å²) in [6.07, 6.45) is 3.95. The summed E-state index contributed by atoms with van der Waals surface area (Å²) in [5.74, 6) is 0.457. The molecular formula is C16H19NO3. The second-order valence-electron chi connectivity index (χ2n) is 5.84. The summed E-state index contributed by atoms with van der Waals surface area (Å²) in [6, 6.07) is 7.02. The van der Waals surface area contributed by atoms with Gasteiger partial charge in [-0.3, -0.25) is 14.5 Å². The Hall–Kier alpha value is -1.68. The number of rotatable bonds is 3. The summed E-state index contributed by atoms with van der Waals surface area (Å²) in [5.41, 5.74) is 1.06. The van der Waals surface area contributed by atoms with Crippen LogP contribution in [0, 0.1) is 11.8 Å². The van der Waals surface area contributed by atoms with Gasteiger partial charge in [0.2, 0.25) is 0 Å². The number of hydrogen-bond acceptors (Lipinski definition) is 3. The van der Waals surface area contributed by atoms with Gasteiger partial charge in [-0.2, -0.15) is 0 Å². The molecule has 1 fully saturated rings. The lowest BCUT2D eigenvalue weighted by molar-refractivity contribution is 0.0601. The molecule has 20 heavy (non-hydrogen) atoms. The predicted molar refractivity (Wildman–Crippen MR) is 74.3 cm³/mol. The third-order valence-electron chi connectivity index (χ3n) is 4.54. The highest BCUT2D eigenvalue weighted by Gasteiger charge is 2.36. The van der Waals surface area contributed by atoms with E-state index in [1.165, 1.54) is 4.90 Å². The first-order valence-electron chi connectivity index (χ1n) is 7.26. The van der Waals surface area contributed by atoms with E-state index in [0.29, 0.717) is 29.5 Å². The van der Waals surface area contributed by atoms with Crippen molar-refractivity contribution in [2.75, 3.05) is 13.2 Å². The van der Waals surface area contributed by atoms with Gasteiger partial charge in [0.15, 0.2) is 0 Å². The molecule has 0 bridgehead atoms. The third-order valence-corrected chi connectivity index (χ3v) is 4.54. The lowest BCUT2D eigenvalue weighted by atomic mass is 9.82. The summed E-state index contributed by atoms with van der Waals surface area (Å²) in [4.78, 5) is 25.9. The van der Waals surface area contributed by atoms with Crippen LogP contribution in [-0.4, -0.2) is 35.0 Å². The van der Waals surface area contributed by atoms with E-state index < -0.39 is 0 Å². The van der Waals surface area contributed by atoms with Gasteiger partial charge in [-0.15, -0.1) is 0 Å². The molecule has 0 unspecified atom stereocenters. The van der Waals surface area contributed by atoms with Gasteiger partial charge in [-0.25, -0.2) is 0 Å². The van der Waals surface area contributed by atoms with Crippen LogP contribution in [0.4, 0.5) is 0 Å². The maximum absolute atomic E-state index is 12.3. The van der Waals surface area contributed by atoms with Crippen molar-refractivity contribution in [1.82, 2.24) is 4.90 Å². The molecule has 1 aromatic rings. The molecule has 1 aromatic carbocycles. The van der Waals surface area contributed by atoms with Crippen molar-refractivity contribution >= 4 is 11.8 Å². The van der Waals surface area contributed by atoms with Gasteiger partial charge in [-0.05, 0) is 49.7 Å². The summed E-state index contributed by atoms with van der Waals surface area (Å²) in [5, 5.41) is 9.15. The van der Waals surface area contributed by atoms with E-state index in [1.54, 1.807) is 24.3 Å². The first-order chi connectivity index (χ1) is 9.70. The van der Waals surface area contributed by atoms with Crippen molar-refractivity contribution in [2.24, 2.45) is 11.8 Å². The highest BCUT2D eigenvalue weighted by molar-refractivity contribution is 6.21. The Labute approximate surface area is 118 Å². The standard InChI is InChI=1S/C16H19NO3/c18-10-12-7-5-11(6-8-12)9-17-15(19)13-3-1-2-4-14(13)16(17)20/h1-4,11-12,18H,5-10H2. The molecule has 3 rings (SSSR count). The summed E-state index contributed by atoms with van der Waals surface area (Å²) in [6.45, 7) is 0.768. The van der Waals surface area contributed by atoms with E-state index in [2.05, 4.69) is 0 Å². The van der Waals surface area contributed by atoms with Crippen LogP contribution in [0.5, 0.6) is 0 Å². The summed E-state index contributed by atoms with van der Waals surface area (Å²) in [7, 11) is 0. The summed E-state index contributed by atoms with van der Waals surface area (Å²) < 4.78 is 0. The van der Waals surface area contributed by atoms with Crippen LogP contribution in [0.3, 0.4) is 0 Å². The molecule has 1 saturated carbocycles. The van der Waals surface area contributed by atoms with Gasteiger partial charge >= 0.3 is 0 Å². The molecule has 4 nitrogen and oxygen atoms in total. The first kappa shape index (κ1) is 13.3. The topological polar surface area (TPSA) is 57.6 Å². The number of amides is 2. The zero-order valence-corrected chi connectivity index (χ0v) is 11.4. The number of nitrogens with zero attached hydrogens (tertiary/aromatic N) is 1. The molecule has 1 aliphatic heterocycles. The van der Waals surface area contributed by atoms with Gasteiger partial charge in [0.1, 0.15) is 0 Å². The highest BCUT2D eigenvalue weighted by atomic mass is 16.3. The van der Waals surface area contributed by atoms with Crippen molar-refractivity contribution in [2.45, 2.75) is 25.7 Å². The van der Waals surface area contributed by atoms with Crippen LogP contribution >= 0.6 is 0 Å². The maximum Gasteiger partial charge on any atom is 0.261 e. The fraction of sp³-hybridized carbons (Fsp3) is 0.500. The molecular weight excluding hydrogens is 254 g/mol. The van der Waals surface area contributed by atoms with Crippen LogP contribution < -0.4 is 0 Å². The second-order valence-corrected chi connectivity index (χ2v) is 5.84. The van der Waals surface area contributed by atoms with E-state index in [9.17, 15) is 9.59 Å². The average molecular weight is 273 g/mol. The van der Waals surface area contributed by atoms with Crippen LogP contribution in [0.25, 0.3) is 0 Å². The molecule has 1 N–H and O–H groups in total. The summed E-state index contributed by atoms with van der Waals surface area (Å²) >= 11 is 0. The van der Waals surface area contributed by atoms with Gasteiger partial charge in [0, 0.05) is 13.2 Å². The Kier molecular flexibility index (Phi) is 3.57. The molecule has 0 aromatic heterocycles. The molecule has 2 aliphatic rings. The number of fused-ring (bicyclic) bond motifs is 1. The van der Waals surface area contributed by atoms with Crippen molar-refractivity contribution in [3.63, 3.8) is 0 Å². The molecule has 4 heteroatoms. The molecule has 1 heterocycles. The van der Waals surface area contributed by atoms with Gasteiger partial charge in [-0.1, -0.05) is 12.1 Å². The molecule has 106 valence electrons. The largest absolute Gasteiger partial charge is 0.396 e. The smallest absolute Gasteiger partial charge is 0.261 e. The molecule has 2 amide bonds. The predicted octanol–water partition coefficient (Wildman–Crippen LogP) is 2.08. The fourth-order valence-corrected chi connectivity index (χ4v) is 3.26. The number of hydrogen-bond donors (Lipinski definition) is 1. The van der Waals surface area contributed by atoms with Crippen molar-refractivity contribution in [1.29, 1.82) is 0 Å². The third kappa shape index (κ3) is 2.24. The molecule has 0 spiro atoms. The Balaban J connectivity index is 1.68. The normalized spacial score (nSPS) is 25.9. The minimum atomic E-state index is -0.158.